The van der Waals surface area contributed by atoms with Gasteiger partial charge in [0.05, 0.1) is 5.69 Å². The number of nitrogens with zero attached hydrogens (tertiary/aromatic N) is 6. The topological polar surface area (TPSA) is 134 Å². The third-order valence-corrected chi connectivity index (χ3v) is 3.58. The van der Waals surface area contributed by atoms with Crippen LogP contribution in [0.3, 0.4) is 0 Å². The minimum atomic E-state index is -0.377. The highest BCUT2D eigenvalue weighted by molar-refractivity contribution is 5.75. The fourth-order valence-electron chi connectivity index (χ4n) is 2.39. The molecule has 1 aromatic heterocycles. The summed E-state index contributed by atoms with van der Waals surface area (Å²) in [4.78, 5) is 1.30. The Balaban J connectivity index is 2.13. The molecule has 8 heteroatoms. The van der Waals surface area contributed by atoms with Crippen LogP contribution in [0.5, 0.6) is 5.75 Å². The first-order valence-electron chi connectivity index (χ1n) is 7.45. The van der Waals surface area contributed by atoms with E-state index in [9.17, 15) is 10.4 Å². The highest BCUT2D eigenvalue weighted by Crippen LogP contribution is 2.33. The summed E-state index contributed by atoms with van der Waals surface area (Å²) in [5.41, 5.74) is 1.93. The lowest BCUT2D eigenvalue weighted by atomic mass is 10.1. The lowest BCUT2D eigenvalue weighted by Crippen LogP contribution is -2.05. The van der Waals surface area contributed by atoms with E-state index in [1.807, 2.05) is 12.1 Å². The van der Waals surface area contributed by atoms with Crippen LogP contribution in [-0.4, -0.2) is 20.1 Å². The van der Waals surface area contributed by atoms with Gasteiger partial charge < -0.3 is 10.4 Å². The third-order valence-electron chi connectivity index (χ3n) is 3.58. The molecule has 0 aliphatic carbocycles. The molecular weight excluding hydrogens is 330 g/mol. The zero-order chi connectivity index (χ0) is 18.7. The van der Waals surface area contributed by atoms with Gasteiger partial charge in [-0.25, -0.2) is 0 Å². The van der Waals surface area contributed by atoms with E-state index in [4.69, 9.17) is 10.5 Å². The molecular formula is C18H11N7O. The quantitative estimate of drug-likeness (QED) is 0.552. The predicted octanol–water partition coefficient (Wildman–Crippen LogP) is 2.67. The smallest absolute Gasteiger partial charge is 0.166 e. The van der Waals surface area contributed by atoms with Crippen molar-refractivity contribution >= 4 is 16.7 Å². The number of aryl methyl sites for hydroxylation is 1. The van der Waals surface area contributed by atoms with Gasteiger partial charge in [0.1, 0.15) is 40.6 Å². The number of aromatic hydroxyl groups is 1. The molecule has 0 radical (unpaired) electrons. The molecule has 8 nitrogen and oxygen atoms in total. The number of allylic oxidation sites excluding steroid dienone is 2. The van der Waals surface area contributed by atoms with Crippen molar-refractivity contribution in [2.45, 2.75) is 6.92 Å². The largest absolute Gasteiger partial charge is 0.504 e. The lowest BCUT2D eigenvalue weighted by molar-refractivity contribution is 0.470. The molecule has 0 atom stereocenters. The molecule has 3 rings (SSSR count). The minimum Gasteiger partial charge on any atom is -0.504 e. The summed E-state index contributed by atoms with van der Waals surface area (Å²) in [6.45, 7) is 1.79. The molecule has 26 heavy (non-hydrogen) atoms. The van der Waals surface area contributed by atoms with Crippen LogP contribution in [-0.2, 0) is 0 Å². The van der Waals surface area contributed by atoms with E-state index in [0.717, 1.165) is 5.56 Å². The van der Waals surface area contributed by atoms with Crippen molar-refractivity contribution in [1.29, 1.82) is 15.8 Å². The maximum Gasteiger partial charge on any atom is 0.166 e. The van der Waals surface area contributed by atoms with E-state index in [0.29, 0.717) is 16.7 Å². The van der Waals surface area contributed by atoms with Crippen molar-refractivity contribution in [2.75, 3.05) is 5.32 Å². The number of rotatable bonds is 3. The van der Waals surface area contributed by atoms with Gasteiger partial charge in [0.25, 0.3) is 0 Å². The van der Waals surface area contributed by atoms with Crippen molar-refractivity contribution in [1.82, 2.24) is 15.0 Å². The summed E-state index contributed by atoms with van der Waals surface area (Å²) in [6.07, 6.45) is 0. The molecule has 2 N–H and O–H groups in total. The third kappa shape index (κ3) is 2.89. The molecule has 1 heterocycles. The molecule has 0 fully saturated rings. The van der Waals surface area contributed by atoms with Gasteiger partial charge in [-0.2, -0.15) is 15.8 Å². The van der Waals surface area contributed by atoms with Crippen LogP contribution >= 0.6 is 0 Å². The van der Waals surface area contributed by atoms with E-state index < -0.39 is 0 Å². The molecule has 3 aromatic rings. The molecule has 0 saturated carbocycles. The highest BCUT2D eigenvalue weighted by Gasteiger charge is 2.16. The number of nitriles is 3. The second-order valence-corrected chi connectivity index (χ2v) is 5.37. The number of phenolic OH excluding ortho intramolecular Hbond substituents is 1. The molecule has 0 unspecified atom stereocenters. The van der Waals surface area contributed by atoms with E-state index in [-0.39, 0.29) is 22.7 Å². The first-order chi connectivity index (χ1) is 12.6. The van der Waals surface area contributed by atoms with Gasteiger partial charge in [-0.05, 0) is 36.8 Å². The monoisotopic (exact) mass is 341 g/mol. The van der Waals surface area contributed by atoms with Gasteiger partial charge in [-0.3, -0.25) is 0 Å². The summed E-state index contributed by atoms with van der Waals surface area (Å²) in [6, 6.07) is 15.6. The van der Waals surface area contributed by atoms with E-state index in [2.05, 4.69) is 15.5 Å². The number of nitrogens with one attached hydrogen (secondary N) is 1. The van der Waals surface area contributed by atoms with Gasteiger partial charge in [0, 0.05) is 0 Å². The van der Waals surface area contributed by atoms with E-state index in [1.54, 1.807) is 49.4 Å². The van der Waals surface area contributed by atoms with Crippen LogP contribution < -0.4 is 5.32 Å². The molecule has 2 aromatic carbocycles. The maximum absolute atomic E-state index is 10.6. The fourth-order valence-corrected chi connectivity index (χ4v) is 2.39. The Morgan fingerprint density at radius 2 is 1.65 bits per heavy atom. The Labute approximate surface area is 148 Å². The fraction of sp³-hybridized carbons (Fsp3) is 0.0556. The van der Waals surface area contributed by atoms with Gasteiger partial charge in [0.15, 0.2) is 11.3 Å². The Morgan fingerprint density at radius 3 is 2.19 bits per heavy atom. The number of hydrogen-bond donors (Lipinski definition) is 2. The number of hydrogen-bond acceptors (Lipinski definition) is 7. The summed E-state index contributed by atoms with van der Waals surface area (Å²) in [7, 11) is 0. The van der Waals surface area contributed by atoms with Gasteiger partial charge in [-0.1, -0.05) is 12.1 Å². The van der Waals surface area contributed by atoms with Crippen molar-refractivity contribution in [3.8, 4) is 29.6 Å². The highest BCUT2D eigenvalue weighted by atomic mass is 16.3. The van der Waals surface area contributed by atoms with Crippen molar-refractivity contribution in [3.63, 3.8) is 0 Å². The molecule has 0 spiro atoms. The molecule has 124 valence electrons. The van der Waals surface area contributed by atoms with E-state index in [1.165, 1.54) is 4.80 Å². The van der Waals surface area contributed by atoms with Crippen LogP contribution in [0, 0.1) is 40.9 Å². The zero-order valence-electron chi connectivity index (χ0n) is 13.6. The number of fused-ring (bicyclic) bond motifs is 1. The van der Waals surface area contributed by atoms with Crippen molar-refractivity contribution in [3.05, 3.63) is 53.2 Å². The summed E-state index contributed by atoms with van der Waals surface area (Å²) in [5.74, 6) is -0.209. The standard InChI is InChI=1S/C18H11N7O/c1-11-6-15(22-16(10-21)12(8-19)9-20)18(26)17(7-11)25-23-13-4-2-3-5-14(13)24-25/h2-7,22,26H,1H3. The second kappa shape index (κ2) is 6.64. The summed E-state index contributed by atoms with van der Waals surface area (Å²) >= 11 is 0. The number of aromatic nitrogens is 3. The number of phenols is 1. The van der Waals surface area contributed by atoms with Crippen LogP contribution in [0.4, 0.5) is 5.69 Å². The Morgan fingerprint density at radius 1 is 1.04 bits per heavy atom. The van der Waals surface area contributed by atoms with Crippen molar-refractivity contribution in [2.24, 2.45) is 0 Å². The molecule has 0 aliphatic heterocycles. The Bertz CT molecular complexity index is 1120. The molecule has 0 saturated heterocycles. The number of anilines is 1. The van der Waals surface area contributed by atoms with E-state index >= 15 is 0 Å². The first-order valence-corrected chi connectivity index (χ1v) is 7.45. The minimum absolute atomic E-state index is 0.168. The first kappa shape index (κ1) is 16.5. The second-order valence-electron chi connectivity index (χ2n) is 5.37. The van der Waals surface area contributed by atoms with Crippen LogP contribution in [0.25, 0.3) is 16.7 Å². The number of benzene rings is 2. The van der Waals surface area contributed by atoms with Gasteiger partial charge in [-0.15, -0.1) is 15.0 Å². The lowest BCUT2D eigenvalue weighted by Gasteiger charge is -2.12. The van der Waals surface area contributed by atoms with Gasteiger partial charge in [0.2, 0.25) is 0 Å². The average Bonchev–Trinajstić information content (AvgIpc) is 3.08. The van der Waals surface area contributed by atoms with Crippen LogP contribution in [0.15, 0.2) is 47.7 Å². The normalized spacial score (nSPS) is 9.77. The summed E-state index contributed by atoms with van der Waals surface area (Å²) < 4.78 is 0. The van der Waals surface area contributed by atoms with Crippen molar-refractivity contribution < 1.29 is 5.11 Å². The maximum atomic E-state index is 10.6. The molecule has 0 amide bonds. The predicted molar refractivity (Wildman–Crippen MR) is 92.8 cm³/mol. The average molecular weight is 341 g/mol. The Kier molecular flexibility index (Phi) is 4.22. The zero-order valence-corrected chi connectivity index (χ0v) is 13.6. The molecule has 0 bridgehead atoms. The molecule has 0 aliphatic rings. The SMILES string of the molecule is Cc1cc(NC(C#N)=C(C#N)C#N)c(O)c(-n2nc3ccccc3n2)c1. The van der Waals surface area contributed by atoms with Crippen LogP contribution in [0.1, 0.15) is 5.56 Å². The van der Waals surface area contributed by atoms with Gasteiger partial charge >= 0.3 is 0 Å². The Hall–Kier alpha value is -4.35. The van der Waals surface area contributed by atoms with Crippen LogP contribution in [0.2, 0.25) is 0 Å². The summed E-state index contributed by atoms with van der Waals surface area (Å²) in [5, 5.41) is 48.9.